The van der Waals surface area contributed by atoms with Crippen LogP contribution in [-0.4, -0.2) is 35.5 Å². The Labute approximate surface area is 98.4 Å². The van der Waals surface area contributed by atoms with Crippen molar-refractivity contribution in [2.45, 2.75) is 6.42 Å². The number of carbonyl (C=O) groups excluding carboxylic acids is 1. The Balaban J connectivity index is 2.63. The molecule has 0 spiro atoms. The number of carboxylic acids is 1. The number of rotatable bonds is 4. The lowest BCUT2D eigenvalue weighted by Gasteiger charge is -2.15. The van der Waals surface area contributed by atoms with Crippen LogP contribution in [0.5, 0.6) is 0 Å². The molecule has 0 fully saturated rings. The topological polar surface area (TPSA) is 57.6 Å². The fourth-order valence-electron chi connectivity index (χ4n) is 1.18. The first-order chi connectivity index (χ1) is 7.50. The number of nitrogens with zero attached hydrogens (tertiary/aromatic N) is 1. The molecule has 1 aromatic rings. The molecular formula is C11H12ClNO3. The molecule has 0 heterocycles. The maximum atomic E-state index is 11.8. The average Bonchev–Trinajstić information content (AvgIpc) is 2.26. The van der Waals surface area contributed by atoms with Crippen LogP contribution in [0.4, 0.5) is 0 Å². The molecule has 0 bridgehead atoms. The van der Waals surface area contributed by atoms with Crippen molar-refractivity contribution in [2.24, 2.45) is 0 Å². The van der Waals surface area contributed by atoms with Crippen LogP contribution in [-0.2, 0) is 4.79 Å². The summed E-state index contributed by atoms with van der Waals surface area (Å²) >= 11 is 5.70. The maximum absolute atomic E-state index is 11.8. The van der Waals surface area contributed by atoms with Crippen molar-refractivity contribution in [3.8, 4) is 0 Å². The molecule has 5 heteroatoms. The van der Waals surface area contributed by atoms with E-state index in [1.165, 1.54) is 4.90 Å². The number of benzene rings is 1. The molecule has 0 saturated heterocycles. The minimum atomic E-state index is -0.921. The van der Waals surface area contributed by atoms with E-state index in [0.717, 1.165) is 0 Å². The van der Waals surface area contributed by atoms with Crippen molar-refractivity contribution in [2.75, 3.05) is 13.6 Å². The molecule has 16 heavy (non-hydrogen) atoms. The monoisotopic (exact) mass is 241 g/mol. The first kappa shape index (κ1) is 12.5. The van der Waals surface area contributed by atoms with Gasteiger partial charge in [-0.3, -0.25) is 9.59 Å². The van der Waals surface area contributed by atoms with Crippen molar-refractivity contribution in [3.05, 3.63) is 34.9 Å². The van der Waals surface area contributed by atoms with Crippen molar-refractivity contribution in [1.82, 2.24) is 4.90 Å². The van der Waals surface area contributed by atoms with Gasteiger partial charge in [-0.2, -0.15) is 0 Å². The van der Waals surface area contributed by atoms with Gasteiger partial charge in [-0.05, 0) is 24.3 Å². The molecular weight excluding hydrogens is 230 g/mol. The smallest absolute Gasteiger partial charge is 0.305 e. The molecule has 1 rings (SSSR count). The number of halogens is 1. The summed E-state index contributed by atoms with van der Waals surface area (Å²) in [6, 6.07) is 6.48. The Morgan fingerprint density at radius 2 is 1.88 bits per heavy atom. The Morgan fingerprint density at radius 3 is 2.38 bits per heavy atom. The van der Waals surface area contributed by atoms with Gasteiger partial charge in [0.15, 0.2) is 0 Å². The zero-order valence-corrected chi connectivity index (χ0v) is 9.57. The van der Waals surface area contributed by atoms with E-state index in [9.17, 15) is 9.59 Å². The first-order valence-electron chi connectivity index (χ1n) is 4.73. The van der Waals surface area contributed by atoms with Crippen molar-refractivity contribution in [3.63, 3.8) is 0 Å². The van der Waals surface area contributed by atoms with Gasteiger partial charge in [0, 0.05) is 24.2 Å². The lowest BCUT2D eigenvalue weighted by Crippen LogP contribution is -2.28. The standard InChI is InChI=1S/C11H12ClNO3/c1-13(7-6-10(14)15)11(16)8-2-4-9(12)5-3-8/h2-5H,6-7H2,1H3,(H,14,15). The van der Waals surface area contributed by atoms with Gasteiger partial charge in [0.25, 0.3) is 5.91 Å². The van der Waals surface area contributed by atoms with E-state index in [-0.39, 0.29) is 18.9 Å². The summed E-state index contributed by atoms with van der Waals surface area (Å²) in [6.07, 6.45) is -0.0597. The Kier molecular flexibility index (Phi) is 4.31. The first-order valence-corrected chi connectivity index (χ1v) is 5.11. The molecule has 0 radical (unpaired) electrons. The second-order valence-electron chi connectivity index (χ2n) is 3.38. The normalized spacial score (nSPS) is 9.88. The number of amides is 1. The highest BCUT2D eigenvalue weighted by molar-refractivity contribution is 6.30. The van der Waals surface area contributed by atoms with E-state index >= 15 is 0 Å². The zero-order chi connectivity index (χ0) is 12.1. The summed E-state index contributed by atoms with van der Waals surface area (Å²) in [5.74, 6) is -1.13. The fraction of sp³-hybridized carbons (Fsp3) is 0.273. The van der Waals surface area contributed by atoms with E-state index in [1.807, 2.05) is 0 Å². The molecule has 1 N–H and O–H groups in total. The number of aliphatic carboxylic acids is 1. The van der Waals surface area contributed by atoms with Crippen LogP contribution in [0.2, 0.25) is 5.02 Å². The molecule has 0 aromatic heterocycles. The summed E-state index contributed by atoms with van der Waals surface area (Å²) in [5, 5.41) is 9.06. The van der Waals surface area contributed by atoms with Gasteiger partial charge in [-0.25, -0.2) is 0 Å². The van der Waals surface area contributed by atoms with Crippen LogP contribution in [0.25, 0.3) is 0 Å². The zero-order valence-electron chi connectivity index (χ0n) is 8.81. The molecule has 0 unspecified atom stereocenters. The Hall–Kier alpha value is -1.55. The Morgan fingerprint density at radius 1 is 1.31 bits per heavy atom. The molecule has 0 aliphatic heterocycles. The number of carbonyl (C=O) groups is 2. The van der Waals surface area contributed by atoms with Gasteiger partial charge in [0.2, 0.25) is 0 Å². The van der Waals surface area contributed by atoms with Gasteiger partial charge in [0.1, 0.15) is 0 Å². The van der Waals surface area contributed by atoms with Crippen molar-refractivity contribution < 1.29 is 14.7 Å². The number of hydrogen-bond acceptors (Lipinski definition) is 2. The third-order valence-corrected chi connectivity index (χ3v) is 2.35. The third kappa shape index (κ3) is 3.55. The predicted octanol–water partition coefficient (Wildman–Crippen LogP) is 1.89. The largest absolute Gasteiger partial charge is 0.481 e. The second-order valence-corrected chi connectivity index (χ2v) is 3.81. The van der Waals surface area contributed by atoms with Gasteiger partial charge in [-0.15, -0.1) is 0 Å². The van der Waals surface area contributed by atoms with E-state index in [0.29, 0.717) is 10.6 Å². The molecule has 1 aromatic carbocycles. The Bertz CT molecular complexity index is 389. The van der Waals surface area contributed by atoms with Gasteiger partial charge >= 0.3 is 5.97 Å². The molecule has 0 saturated carbocycles. The fourth-order valence-corrected chi connectivity index (χ4v) is 1.30. The van der Waals surface area contributed by atoms with Crippen LogP contribution in [0, 0.1) is 0 Å². The minimum Gasteiger partial charge on any atom is -0.481 e. The van der Waals surface area contributed by atoms with E-state index in [1.54, 1.807) is 31.3 Å². The van der Waals surface area contributed by atoms with Gasteiger partial charge < -0.3 is 10.0 Å². The molecule has 4 nitrogen and oxygen atoms in total. The highest BCUT2D eigenvalue weighted by atomic mass is 35.5. The second kappa shape index (κ2) is 5.51. The van der Waals surface area contributed by atoms with Gasteiger partial charge in [-0.1, -0.05) is 11.6 Å². The SMILES string of the molecule is CN(CCC(=O)O)C(=O)c1ccc(Cl)cc1. The number of hydrogen-bond donors (Lipinski definition) is 1. The van der Waals surface area contributed by atoms with Crippen molar-refractivity contribution in [1.29, 1.82) is 0 Å². The summed E-state index contributed by atoms with van der Waals surface area (Å²) < 4.78 is 0. The molecule has 0 aliphatic rings. The van der Waals surface area contributed by atoms with E-state index < -0.39 is 5.97 Å². The van der Waals surface area contributed by atoms with Crippen LogP contribution in [0.15, 0.2) is 24.3 Å². The van der Waals surface area contributed by atoms with E-state index in [4.69, 9.17) is 16.7 Å². The predicted molar refractivity (Wildman–Crippen MR) is 60.7 cm³/mol. The minimum absolute atomic E-state index is 0.0597. The lowest BCUT2D eigenvalue weighted by atomic mass is 10.2. The van der Waals surface area contributed by atoms with Crippen molar-refractivity contribution >= 4 is 23.5 Å². The van der Waals surface area contributed by atoms with Crippen LogP contribution in [0.1, 0.15) is 16.8 Å². The molecule has 0 atom stereocenters. The lowest BCUT2D eigenvalue weighted by molar-refractivity contribution is -0.137. The summed E-state index contributed by atoms with van der Waals surface area (Å²) in [4.78, 5) is 23.5. The average molecular weight is 242 g/mol. The maximum Gasteiger partial charge on any atom is 0.305 e. The third-order valence-electron chi connectivity index (χ3n) is 2.10. The summed E-state index contributed by atoms with van der Waals surface area (Å²) in [5.41, 5.74) is 0.497. The number of carboxylic acid groups (broad SMARTS) is 1. The quantitative estimate of drug-likeness (QED) is 0.876. The summed E-state index contributed by atoms with van der Waals surface area (Å²) in [6.45, 7) is 0.191. The van der Waals surface area contributed by atoms with Crippen LogP contribution in [0.3, 0.4) is 0 Å². The molecule has 86 valence electrons. The summed E-state index contributed by atoms with van der Waals surface area (Å²) in [7, 11) is 1.57. The molecule has 0 aliphatic carbocycles. The van der Waals surface area contributed by atoms with Gasteiger partial charge in [0.05, 0.1) is 6.42 Å². The highest BCUT2D eigenvalue weighted by Gasteiger charge is 2.12. The van der Waals surface area contributed by atoms with E-state index in [2.05, 4.69) is 0 Å². The highest BCUT2D eigenvalue weighted by Crippen LogP contribution is 2.11. The van der Waals surface area contributed by atoms with Crippen LogP contribution < -0.4 is 0 Å². The van der Waals surface area contributed by atoms with Crippen LogP contribution >= 0.6 is 11.6 Å². The molecule has 1 amide bonds.